The highest BCUT2D eigenvalue weighted by molar-refractivity contribution is 6.17. The first-order chi connectivity index (χ1) is 46.5. The topological polar surface area (TPSA) is 55.4 Å². The fourth-order valence-electron chi connectivity index (χ4n) is 12.5. The number of hydrogen-bond acceptors (Lipinski definition) is 6. The Bertz CT molecular complexity index is 2810. The summed E-state index contributed by atoms with van der Waals surface area (Å²) in [6, 6.07) is 45.0. The zero-order valence-corrected chi connectivity index (χ0v) is 60.4. The molecule has 0 N–H and O–H groups in total. The van der Waals surface area contributed by atoms with Gasteiger partial charge in [-0.05, 0) is 112 Å². The number of unbranched alkanes of at least 4 members (excludes halogenated alkanes) is 36. The van der Waals surface area contributed by atoms with Gasteiger partial charge in [-0.2, -0.15) is 0 Å². The monoisotopic (exact) mass is 1300 g/mol. The van der Waals surface area contributed by atoms with Gasteiger partial charge < -0.3 is 28.4 Å². The van der Waals surface area contributed by atoms with E-state index in [0.717, 1.165) is 98.8 Å². The van der Waals surface area contributed by atoms with Crippen LogP contribution in [-0.2, 0) is 19.1 Å². The van der Waals surface area contributed by atoms with Crippen molar-refractivity contribution in [2.45, 2.75) is 304 Å². The second kappa shape index (κ2) is 50.7. The van der Waals surface area contributed by atoms with Gasteiger partial charge in [-0.25, -0.2) is 0 Å². The second-order valence-electron chi connectivity index (χ2n) is 26.9. The van der Waals surface area contributed by atoms with Crippen molar-refractivity contribution in [3.8, 4) is 67.9 Å². The van der Waals surface area contributed by atoms with Gasteiger partial charge in [0.15, 0.2) is 34.5 Å². The largest absolute Gasteiger partial charge is 0.490 e. The van der Waals surface area contributed by atoms with Crippen molar-refractivity contribution in [3.63, 3.8) is 0 Å². The van der Waals surface area contributed by atoms with Gasteiger partial charge in [-0.15, -0.1) is 11.6 Å². The van der Waals surface area contributed by atoms with Crippen LogP contribution in [0.1, 0.15) is 301 Å². The van der Waals surface area contributed by atoms with Crippen LogP contribution >= 0.6 is 11.6 Å². The number of hydrogen-bond donors (Lipinski definition) is 0. The lowest BCUT2D eigenvalue weighted by atomic mass is 10.0. The summed E-state index contributed by atoms with van der Waals surface area (Å²) >= 11 is 6.20. The third-order valence-electron chi connectivity index (χ3n) is 18.7. The van der Waals surface area contributed by atoms with Crippen molar-refractivity contribution in [2.75, 3.05) is 26.4 Å². The van der Waals surface area contributed by atoms with Crippen molar-refractivity contribution < 1.29 is 28.4 Å². The van der Waals surface area contributed by atoms with E-state index in [4.69, 9.17) is 40.0 Å². The van der Waals surface area contributed by atoms with Gasteiger partial charge in [0.25, 0.3) is 0 Å². The van der Waals surface area contributed by atoms with Crippen molar-refractivity contribution in [1.29, 1.82) is 0 Å². The molecule has 0 aliphatic heterocycles. The van der Waals surface area contributed by atoms with Crippen LogP contribution in [0.4, 0.5) is 0 Å². The Morgan fingerprint density at radius 2 is 0.404 bits per heavy atom. The average molecular weight is 1300 g/mol. The van der Waals surface area contributed by atoms with Gasteiger partial charge in [0.1, 0.15) is 13.2 Å². The quantitative estimate of drug-likeness (QED) is 0.0280. The predicted molar refractivity (Wildman–Crippen MR) is 403 cm³/mol. The molecule has 0 amide bonds. The van der Waals surface area contributed by atoms with Crippen LogP contribution in [0.5, 0.6) is 34.5 Å². The van der Waals surface area contributed by atoms with Crippen LogP contribution in [0, 0.1) is 0 Å². The summed E-state index contributed by atoms with van der Waals surface area (Å²) in [5.41, 5.74) is 9.84. The maximum atomic E-state index is 6.73. The molecule has 518 valence electrons. The number of alkyl halides is 1. The molecule has 6 nitrogen and oxygen atoms in total. The van der Waals surface area contributed by atoms with Crippen molar-refractivity contribution in [2.24, 2.45) is 0 Å². The van der Waals surface area contributed by atoms with Gasteiger partial charge in [-0.3, -0.25) is 0 Å². The number of benzene rings is 6. The Morgan fingerprint density at radius 3 is 0.670 bits per heavy atom. The SMILES string of the molecule is CCCCCCCCCCCCOc1ccc(-c2ccc(COc3ccc(-c4ccc(CCl)cc4)cc3OCc3ccc(-c4ccc(OCCCCCCCCCCCC)c(OCCCCCCCCCCCC)c4)cc3)cc2)cc1OCCCCCCCCCCCC. The van der Waals surface area contributed by atoms with Gasteiger partial charge in [0.2, 0.25) is 0 Å². The molecule has 0 heterocycles. The second-order valence-corrected chi connectivity index (χ2v) is 27.2. The number of halogens is 1. The molecule has 0 spiro atoms. The number of rotatable bonds is 58. The van der Waals surface area contributed by atoms with Gasteiger partial charge in [0, 0.05) is 5.88 Å². The van der Waals surface area contributed by atoms with E-state index in [1.165, 1.54) is 231 Å². The number of ether oxygens (including phenoxy) is 6. The van der Waals surface area contributed by atoms with E-state index in [0.29, 0.717) is 57.0 Å². The first-order valence-electron chi connectivity index (χ1n) is 38.5. The van der Waals surface area contributed by atoms with Crippen molar-refractivity contribution in [3.05, 3.63) is 144 Å². The van der Waals surface area contributed by atoms with E-state index >= 15 is 0 Å². The molecule has 0 aromatic heterocycles. The first-order valence-corrected chi connectivity index (χ1v) is 39.1. The van der Waals surface area contributed by atoms with Gasteiger partial charge in [0.05, 0.1) is 26.4 Å². The molecule has 0 fully saturated rings. The lowest BCUT2D eigenvalue weighted by Gasteiger charge is -2.16. The molecule has 0 atom stereocenters. The highest BCUT2D eigenvalue weighted by atomic mass is 35.5. The Hall–Kier alpha value is -5.59. The highest BCUT2D eigenvalue weighted by Crippen LogP contribution is 2.38. The Balaban J connectivity index is 1.07. The van der Waals surface area contributed by atoms with Crippen LogP contribution in [0.15, 0.2) is 127 Å². The molecule has 7 heteroatoms. The molecule has 0 saturated carbocycles. The normalized spacial score (nSPS) is 11.3. The standard InChI is InChI=1S/C87H127ClO6/c1-5-9-13-17-21-25-29-33-37-41-63-89-82-60-57-79(67-85(82)91-65-43-39-35-31-27-23-19-15-11-7-3)77-53-47-74(48-54-77)71-93-84-62-59-81(76-51-45-73(70-88)46-52-76)69-87(84)94-72-75-49-55-78(56-50-75)80-58-61-83(90-64-42-38-34-30-26-22-18-14-10-6-2)86(68-80)92-66-44-40-36-32-28-24-20-16-12-8-4/h45-62,67-69H,5-44,63-66,70-72H2,1-4H3. The van der Waals surface area contributed by atoms with Crippen LogP contribution in [0.2, 0.25) is 0 Å². The molecule has 94 heavy (non-hydrogen) atoms. The third kappa shape index (κ3) is 32.4. The van der Waals surface area contributed by atoms with E-state index in [-0.39, 0.29) is 0 Å². The third-order valence-corrected chi connectivity index (χ3v) is 19.0. The molecule has 6 rings (SSSR count). The van der Waals surface area contributed by atoms with Crippen LogP contribution < -0.4 is 28.4 Å². The van der Waals surface area contributed by atoms with E-state index in [2.05, 4.69) is 149 Å². The van der Waals surface area contributed by atoms with E-state index < -0.39 is 0 Å². The molecule has 0 radical (unpaired) electrons. The minimum atomic E-state index is 0.382. The zero-order valence-electron chi connectivity index (χ0n) is 59.7. The lowest BCUT2D eigenvalue weighted by Crippen LogP contribution is -2.03. The smallest absolute Gasteiger partial charge is 0.162 e. The maximum Gasteiger partial charge on any atom is 0.162 e. The summed E-state index contributed by atoms with van der Waals surface area (Å²) in [6.45, 7) is 12.8. The van der Waals surface area contributed by atoms with Crippen molar-refractivity contribution >= 4 is 11.6 Å². The lowest BCUT2D eigenvalue weighted by molar-refractivity contribution is 0.256. The van der Waals surface area contributed by atoms with Crippen LogP contribution in [0.25, 0.3) is 33.4 Å². The first kappa shape index (κ1) is 77.4. The molecule has 6 aromatic rings. The van der Waals surface area contributed by atoms with E-state index in [9.17, 15) is 0 Å². The molecule has 0 unspecified atom stereocenters. The maximum absolute atomic E-state index is 6.73. The summed E-state index contributed by atoms with van der Waals surface area (Å²) in [5.74, 6) is 5.24. The summed E-state index contributed by atoms with van der Waals surface area (Å²) in [6.07, 6.45) is 52.1. The Morgan fingerprint density at radius 1 is 0.202 bits per heavy atom. The van der Waals surface area contributed by atoms with Crippen molar-refractivity contribution in [1.82, 2.24) is 0 Å². The molecule has 0 saturated heterocycles. The average Bonchev–Trinajstić information content (AvgIpc) is 0.948. The fraction of sp³-hybridized carbons (Fsp3) is 0.586. The van der Waals surface area contributed by atoms with E-state index in [1.807, 2.05) is 6.07 Å². The van der Waals surface area contributed by atoms with E-state index in [1.54, 1.807) is 0 Å². The van der Waals surface area contributed by atoms with Crippen LogP contribution in [0.3, 0.4) is 0 Å². The molecule has 0 aliphatic carbocycles. The minimum Gasteiger partial charge on any atom is -0.490 e. The molecular formula is C87H127ClO6. The Kier molecular flexibility index (Phi) is 41.8. The highest BCUT2D eigenvalue weighted by Gasteiger charge is 2.15. The Labute approximate surface area is 578 Å². The summed E-state index contributed by atoms with van der Waals surface area (Å²) in [7, 11) is 0. The van der Waals surface area contributed by atoms with Gasteiger partial charge in [-0.1, -0.05) is 350 Å². The molecule has 0 aliphatic rings. The predicted octanol–water partition coefficient (Wildman–Crippen LogP) is 27.8. The molecular weight excluding hydrogens is 1180 g/mol. The van der Waals surface area contributed by atoms with Crippen LogP contribution in [-0.4, -0.2) is 26.4 Å². The molecule has 6 aromatic carbocycles. The van der Waals surface area contributed by atoms with Gasteiger partial charge >= 0.3 is 0 Å². The zero-order chi connectivity index (χ0) is 66.0. The summed E-state index contributed by atoms with van der Waals surface area (Å²) < 4.78 is 39.4. The minimum absolute atomic E-state index is 0.382. The fourth-order valence-corrected chi connectivity index (χ4v) is 12.7. The summed E-state index contributed by atoms with van der Waals surface area (Å²) in [5, 5.41) is 0. The summed E-state index contributed by atoms with van der Waals surface area (Å²) in [4.78, 5) is 0. The molecule has 0 bridgehead atoms.